The number of benzene rings is 1. The van der Waals surface area contributed by atoms with E-state index in [0.29, 0.717) is 17.0 Å². The summed E-state index contributed by atoms with van der Waals surface area (Å²) in [5.74, 6) is 0.374. The fraction of sp³-hybridized carbons (Fsp3) is 0.333. The molecule has 140 valence electrons. The summed E-state index contributed by atoms with van der Waals surface area (Å²) in [6.45, 7) is 5.47. The largest absolute Gasteiger partial charge is 0.438 e. The third kappa shape index (κ3) is 5.45. The van der Waals surface area contributed by atoms with E-state index in [4.69, 9.17) is 4.74 Å². The van der Waals surface area contributed by atoms with Crippen molar-refractivity contribution in [3.8, 4) is 11.6 Å². The minimum Gasteiger partial charge on any atom is -0.438 e. The number of hydrogen-bond acceptors (Lipinski definition) is 5. The van der Waals surface area contributed by atoms with E-state index in [-0.39, 0.29) is 23.6 Å². The molecule has 1 atom stereocenters. The van der Waals surface area contributed by atoms with Crippen LogP contribution >= 0.6 is 0 Å². The van der Waals surface area contributed by atoms with Crippen LogP contribution in [0.5, 0.6) is 11.6 Å². The normalized spacial score (nSPS) is 12.3. The van der Waals surface area contributed by atoms with Crippen LogP contribution in [0.25, 0.3) is 0 Å². The molecule has 0 aliphatic heterocycles. The fourth-order valence-corrected chi connectivity index (χ4v) is 2.64. The average Bonchev–Trinajstić information content (AvgIpc) is 2.63. The monoisotopic (exact) mass is 377 g/mol. The molecule has 0 spiro atoms. The fourth-order valence-electron chi connectivity index (χ4n) is 2.00. The van der Waals surface area contributed by atoms with Gasteiger partial charge in [-0.05, 0) is 56.7 Å². The number of rotatable bonds is 8. The standard InChI is InChI=1S/C18H23N3O4S/c1-4-13(3)20-17(22)16-7-6-12-19-18(16)25-15-10-8-14(9-11-15)21-26(23,24)5-2/h6-13,21H,4-5H2,1-3H3,(H,20,22)/t13-/m1/s1. The molecular weight excluding hydrogens is 354 g/mol. The number of ether oxygens (including phenoxy) is 1. The van der Waals surface area contributed by atoms with E-state index in [1.54, 1.807) is 49.5 Å². The van der Waals surface area contributed by atoms with Gasteiger partial charge in [0.05, 0.1) is 5.75 Å². The third-order valence-corrected chi connectivity index (χ3v) is 5.03. The van der Waals surface area contributed by atoms with Gasteiger partial charge in [-0.2, -0.15) is 0 Å². The lowest BCUT2D eigenvalue weighted by molar-refractivity contribution is 0.0936. The summed E-state index contributed by atoms with van der Waals surface area (Å²) in [7, 11) is -3.33. The van der Waals surface area contributed by atoms with Gasteiger partial charge >= 0.3 is 0 Å². The second-order valence-electron chi connectivity index (χ2n) is 5.77. The van der Waals surface area contributed by atoms with Gasteiger partial charge in [0.1, 0.15) is 11.3 Å². The first-order valence-corrected chi connectivity index (χ1v) is 10.0. The van der Waals surface area contributed by atoms with Crippen molar-refractivity contribution in [2.45, 2.75) is 33.2 Å². The molecule has 2 rings (SSSR count). The zero-order valence-corrected chi connectivity index (χ0v) is 15.8. The molecule has 0 bridgehead atoms. The van der Waals surface area contributed by atoms with Gasteiger partial charge in [-0.1, -0.05) is 6.92 Å². The maximum absolute atomic E-state index is 12.4. The van der Waals surface area contributed by atoms with E-state index in [1.165, 1.54) is 0 Å². The first-order valence-electron chi connectivity index (χ1n) is 8.39. The molecule has 0 radical (unpaired) electrons. The van der Waals surface area contributed by atoms with Crippen LogP contribution in [0.1, 0.15) is 37.6 Å². The molecule has 2 aromatic rings. The summed E-state index contributed by atoms with van der Waals surface area (Å²) in [4.78, 5) is 16.5. The Balaban J connectivity index is 2.15. The Morgan fingerprint density at radius 1 is 1.19 bits per heavy atom. The number of aromatic nitrogens is 1. The number of nitrogens with one attached hydrogen (secondary N) is 2. The molecule has 2 N–H and O–H groups in total. The Labute approximate surface area is 153 Å². The first kappa shape index (κ1) is 19.7. The van der Waals surface area contributed by atoms with E-state index >= 15 is 0 Å². The molecule has 0 saturated carbocycles. The molecule has 0 aliphatic rings. The maximum Gasteiger partial charge on any atom is 0.256 e. The number of sulfonamides is 1. The van der Waals surface area contributed by atoms with Gasteiger partial charge in [0.15, 0.2) is 0 Å². The topological polar surface area (TPSA) is 97.4 Å². The third-order valence-electron chi connectivity index (χ3n) is 3.73. The highest BCUT2D eigenvalue weighted by Gasteiger charge is 2.16. The van der Waals surface area contributed by atoms with Crippen LogP contribution in [0.3, 0.4) is 0 Å². The summed E-state index contributed by atoms with van der Waals surface area (Å²) >= 11 is 0. The summed E-state index contributed by atoms with van der Waals surface area (Å²) in [5, 5.41) is 2.88. The number of nitrogens with zero attached hydrogens (tertiary/aromatic N) is 1. The van der Waals surface area contributed by atoms with Gasteiger partial charge in [-0.3, -0.25) is 9.52 Å². The lowest BCUT2D eigenvalue weighted by atomic mass is 10.2. The maximum atomic E-state index is 12.4. The molecule has 7 nitrogen and oxygen atoms in total. The predicted molar refractivity (Wildman–Crippen MR) is 101 cm³/mol. The van der Waals surface area contributed by atoms with Crippen LogP contribution in [0.4, 0.5) is 5.69 Å². The van der Waals surface area contributed by atoms with Gasteiger partial charge in [-0.15, -0.1) is 0 Å². The predicted octanol–water partition coefficient (Wildman–Crippen LogP) is 3.16. The molecule has 1 amide bonds. The van der Waals surface area contributed by atoms with Crippen molar-refractivity contribution >= 4 is 21.6 Å². The van der Waals surface area contributed by atoms with E-state index in [0.717, 1.165) is 6.42 Å². The first-order chi connectivity index (χ1) is 12.3. The SMILES string of the molecule is CC[C@@H](C)NC(=O)c1cccnc1Oc1ccc(NS(=O)(=O)CC)cc1. The second-order valence-corrected chi connectivity index (χ2v) is 7.78. The van der Waals surface area contributed by atoms with Gasteiger partial charge in [0, 0.05) is 17.9 Å². The van der Waals surface area contributed by atoms with Gasteiger partial charge in [0.25, 0.3) is 5.91 Å². The Bertz CT molecular complexity index is 851. The van der Waals surface area contributed by atoms with Crippen molar-refractivity contribution in [3.05, 3.63) is 48.2 Å². The highest BCUT2D eigenvalue weighted by Crippen LogP contribution is 2.24. The van der Waals surface area contributed by atoms with Crippen LogP contribution in [0.15, 0.2) is 42.6 Å². The molecule has 0 fully saturated rings. The molecule has 0 unspecified atom stereocenters. The van der Waals surface area contributed by atoms with E-state index in [1.807, 2.05) is 13.8 Å². The molecule has 0 saturated heterocycles. The van der Waals surface area contributed by atoms with Crippen LogP contribution in [-0.2, 0) is 10.0 Å². The zero-order valence-electron chi connectivity index (χ0n) is 15.0. The molecule has 1 heterocycles. The van der Waals surface area contributed by atoms with Crippen LogP contribution < -0.4 is 14.8 Å². The Hall–Kier alpha value is -2.61. The number of amides is 1. The number of carbonyl (C=O) groups excluding carboxylic acids is 1. The number of pyridine rings is 1. The van der Waals surface area contributed by atoms with Crippen molar-refractivity contribution in [2.75, 3.05) is 10.5 Å². The quantitative estimate of drug-likeness (QED) is 0.736. The summed E-state index contributed by atoms with van der Waals surface area (Å²) in [5.41, 5.74) is 0.776. The molecule has 26 heavy (non-hydrogen) atoms. The summed E-state index contributed by atoms with van der Waals surface area (Å²) in [6.07, 6.45) is 2.36. The average molecular weight is 377 g/mol. The van der Waals surface area contributed by atoms with Gasteiger partial charge < -0.3 is 10.1 Å². The van der Waals surface area contributed by atoms with Crippen LogP contribution in [0, 0.1) is 0 Å². The van der Waals surface area contributed by atoms with Crippen molar-refractivity contribution in [3.63, 3.8) is 0 Å². The molecule has 8 heteroatoms. The molecular formula is C18H23N3O4S. The Kier molecular flexibility index (Phi) is 6.57. The van der Waals surface area contributed by atoms with Gasteiger partial charge in [-0.25, -0.2) is 13.4 Å². The van der Waals surface area contributed by atoms with Crippen molar-refractivity contribution in [2.24, 2.45) is 0 Å². The van der Waals surface area contributed by atoms with Crippen LogP contribution in [0.2, 0.25) is 0 Å². The second kappa shape index (κ2) is 8.66. The zero-order chi connectivity index (χ0) is 19.2. The minimum absolute atomic E-state index is 0.00611. The lowest BCUT2D eigenvalue weighted by Gasteiger charge is -2.14. The van der Waals surface area contributed by atoms with E-state index in [2.05, 4.69) is 15.0 Å². The van der Waals surface area contributed by atoms with E-state index < -0.39 is 10.0 Å². The molecule has 1 aromatic carbocycles. The number of hydrogen-bond donors (Lipinski definition) is 2. The number of anilines is 1. The summed E-state index contributed by atoms with van der Waals surface area (Å²) < 4.78 is 31.3. The van der Waals surface area contributed by atoms with Crippen molar-refractivity contribution < 1.29 is 17.9 Å². The number of carbonyl (C=O) groups is 1. The van der Waals surface area contributed by atoms with Gasteiger partial charge in [0.2, 0.25) is 15.9 Å². The highest BCUT2D eigenvalue weighted by molar-refractivity contribution is 7.92. The highest BCUT2D eigenvalue weighted by atomic mass is 32.2. The smallest absolute Gasteiger partial charge is 0.256 e. The molecule has 0 aliphatic carbocycles. The lowest BCUT2D eigenvalue weighted by Crippen LogP contribution is -2.32. The summed E-state index contributed by atoms with van der Waals surface area (Å²) in [6, 6.07) is 9.75. The van der Waals surface area contributed by atoms with Crippen LogP contribution in [-0.4, -0.2) is 31.1 Å². The van der Waals surface area contributed by atoms with Crippen molar-refractivity contribution in [1.29, 1.82) is 0 Å². The Morgan fingerprint density at radius 2 is 1.88 bits per heavy atom. The molecule has 1 aromatic heterocycles. The van der Waals surface area contributed by atoms with E-state index in [9.17, 15) is 13.2 Å². The minimum atomic E-state index is -3.33. The Morgan fingerprint density at radius 3 is 2.50 bits per heavy atom. The van der Waals surface area contributed by atoms with Crippen molar-refractivity contribution in [1.82, 2.24) is 10.3 Å².